The quantitative estimate of drug-likeness (QED) is 0.798. The number of carbonyl (C=O) groups is 1. The van der Waals surface area contributed by atoms with Crippen molar-refractivity contribution in [1.82, 2.24) is 9.97 Å². The minimum absolute atomic E-state index is 0.0215. The second-order valence-electron chi connectivity index (χ2n) is 3.72. The van der Waals surface area contributed by atoms with Crippen LogP contribution in [0.4, 0.5) is 10.2 Å². The molecule has 1 aliphatic heterocycles. The summed E-state index contributed by atoms with van der Waals surface area (Å²) < 4.78 is 18.9. The molecule has 1 atom stereocenters. The number of carboxylic acid groups (broad SMARTS) is 1. The standard InChI is InChI=1S/C10H12FN3O3/c1-6-8(11)9(13-5-12-6)14-2-3-17-4-7(14)10(15)16/h5,7H,2-4H2,1H3,(H,15,16). The molecule has 1 aromatic heterocycles. The van der Waals surface area contributed by atoms with E-state index in [0.717, 1.165) is 0 Å². The molecule has 1 unspecified atom stereocenters. The molecule has 2 rings (SSSR count). The molecule has 0 aliphatic carbocycles. The summed E-state index contributed by atoms with van der Waals surface area (Å²) in [7, 11) is 0. The molecule has 1 saturated heterocycles. The lowest BCUT2D eigenvalue weighted by molar-refractivity contribution is -0.141. The van der Waals surface area contributed by atoms with Crippen LogP contribution < -0.4 is 4.90 Å². The molecule has 2 heterocycles. The normalized spacial score (nSPS) is 20.4. The van der Waals surface area contributed by atoms with Crippen LogP contribution in [-0.4, -0.2) is 46.8 Å². The van der Waals surface area contributed by atoms with Gasteiger partial charge in [-0.3, -0.25) is 0 Å². The van der Waals surface area contributed by atoms with Crippen LogP contribution in [0.3, 0.4) is 0 Å². The summed E-state index contributed by atoms with van der Waals surface area (Å²) in [5, 5.41) is 9.04. The highest BCUT2D eigenvalue weighted by Crippen LogP contribution is 2.21. The monoisotopic (exact) mass is 241 g/mol. The molecular weight excluding hydrogens is 229 g/mol. The van der Waals surface area contributed by atoms with Gasteiger partial charge in [-0.15, -0.1) is 0 Å². The van der Waals surface area contributed by atoms with Gasteiger partial charge < -0.3 is 14.7 Å². The number of anilines is 1. The van der Waals surface area contributed by atoms with Gasteiger partial charge in [0.1, 0.15) is 6.33 Å². The number of aryl methyl sites for hydroxylation is 1. The smallest absolute Gasteiger partial charge is 0.328 e. The predicted molar refractivity (Wildman–Crippen MR) is 56.3 cm³/mol. The van der Waals surface area contributed by atoms with Gasteiger partial charge in [0.05, 0.1) is 18.9 Å². The number of hydrogen-bond acceptors (Lipinski definition) is 5. The maximum Gasteiger partial charge on any atom is 0.328 e. The molecule has 1 aromatic rings. The SMILES string of the molecule is Cc1ncnc(N2CCOCC2C(=O)O)c1F. The number of hydrogen-bond donors (Lipinski definition) is 1. The maximum absolute atomic E-state index is 13.8. The van der Waals surface area contributed by atoms with Crippen LogP contribution >= 0.6 is 0 Å². The van der Waals surface area contributed by atoms with E-state index < -0.39 is 17.8 Å². The number of aromatic nitrogens is 2. The van der Waals surface area contributed by atoms with Gasteiger partial charge in [-0.1, -0.05) is 0 Å². The summed E-state index contributed by atoms with van der Waals surface area (Å²) in [6, 6.07) is -0.910. The van der Waals surface area contributed by atoms with Gasteiger partial charge in [0, 0.05) is 6.54 Å². The van der Waals surface area contributed by atoms with Crippen LogP contribution in [0.5, 0.6) is 0 Å². The van der Waals surface area contributed by atoms with Gasteiger partial charge in [-0.05, 0) is 6.92 Å². The Morgan fingerprint density at radius 1 is 1.65 bits per heavy atom. The van der Waals surface area contributed by atoms with E-state index in [2.05, 4.69) is 9.97 Å². The Balaban J connectivity index is 2.36. The van der Waals surface area contributed by atoms with Crippen molar-refractivity contribution in [2.24, 2.45) is 0 Å². The van der Waals surface area contributed by atoms with Crippen molar-refractivity contribution in [3.05, 3.63) is 17.8 Å². The number of rotatable bonds is 2. The molecule has 0 saturated carbocycles. The van der Waals surface area contributed by atoms with E-state index >= 15 is 0 Å². The second kappa shape index (κ2) is 4.62. The first-order valence-electron chi connectivity index (χ1n) is 5.15. The molecule has 92 valence electrons. The van der Waals surface area contributed by atoms with Gasteiger partial charge >= 0.3 is 5.97 Å². The first kappa shape index (κ1) is 11.7. The number of ether oxygens (including phenoxy) is 1. The fraction of sp³-hybridized carbons (Fsp3) is 0.500. The van der Waals surface area contributed by atoms with E-state index in [-0.39, 0.29) is 18.1 Å². The summed E-state index contributed by atoms with van der Waals surface area (Å²) in [6.07, 6.45) is 1.22. The molecule has 1 fully saturated rings. The van der Waals surface area contributed by atoms with E-state index in [1.807, 2.05) is 0 Å². The first-order valence-corrected chi connectivity index (χ1v) is 5.15. The third-order valence-electron chi connectivity index (χ3n) is 2.63. The van der Waals surface area contributed by atoms with Gasteiger partial charge in [0.25, 0.3) is 0 Å². The minimum atomic E-state index is -1.06. The van der Waals surface area contributed by atoms with Crippen LogP contribution in [0.25, 0.3) is 0 Å². The average molecular weight is 241 g/mol. The van der Waals surface area contributed by atoms with Gasteiger partial charge in [0.2, 0.25) is 0 Å². The molecule has 17 heavy (non-hydrogen) atoms. The summed E-state index contributed by atoms with van der Waals surface area (Å²) >= 11 is 0. The van der Waals surface area contributed by atoms with Crippen molar-refractivity contribution in [2.45, 2.75) is 13.0 Å². The predicted octanol–water partition coefficient (Wildman–Crippen LogP) is 0.214. The molecule has 0 aromatic carbocycles. The van der Waals surface area contributed by atoms with E-state index in [0.29, 0.717) is 13.2 Å². The lowest BCUT2D eigenvalue weighted by Gasteiger charge is -2.33. The highest BCUT2D eigenvalue weighted by Gasteiger charge is 2.32. The summed E-state index contributed by atoms with van der Waals surface area (Å²) in [5.74, 6) is -1.62. The topological polar surface area (TPSA) is 75.5 Å². The average Bonchev–Trinajstić information content (AvgIpc) is 2.33. The van der Waals surface area contributed by atoms with Crippen molar-refractivity contribution in [2.75, 3.05) is 24.7 Å². The minimum Gasteiger partial charge on any atom is -0.480 e. The Morgan fingerprint density at radius 2 is 2.41 bits per heavy atom. The molecule has 0 amide bonds. The lowest BCUT2D eigenvalue weighted by atomic mass is 10.2. The number of morpholine rings is 1. The van der Waals surface area contributed by atoms with Crippen molar-refractivity contribution in [1.29, 1.82) is 0 Å². The Morgan fingerprint density at radius 3 is 3.12 bits per heavy atom. The third-order valence-corrected chi connectivity index (χ3v) is 2.63. The Kier molecular flexibility index (Phi) is 3.19. The second-order valence-corrected chi connectivity index (χ2v) is 3.72. The highest BCUT2D eigenvalue weighted by molar-refractivity contribution is 5.78. The maximum atomic E-state index is 13.8. The van der Waals surface area contributed by atoms with E-state index in [1.165, 1.54) is 18.2 Å². The molecule has 7 heteroatoms. The van der Waals surface area contributed by atoms with E-state index in [4.69, 9.17) is 9.84 Å². The van der Waals surface area contributed by atoms with Crippen LogP contribution in [0.15, 0.2) is 6.33 Å². The van der Waals surface area contributed by atoms with Gasteiger partial charge in [-0.25, -0.2) is 19.2 Å². The molecule has 0 bridgehead atoms. The summed E-state index contributed by atoms with van der Waals surface area (Å²) in [5.41, 5.74) is 0.200. The van der Waals surface area contributed by atoms with E-state index in [9.17, 15) is 9.18 Å². The highest BCUT2D eigenvalue weighted by atomic mass is 19.1. The fourth-order valence-electron chi connectivity index (χ4n) is 1.71. The van der Waals surface area contributed by atoms with Gasteiger partial charge in [0.15, 0.2) is 17.7 Å². The van der Waals surface area contributed by atoms with Crippen molar-refractivity contribution in [3.63, 3.8) is 0 Å². The number of nitrogens with zero attached hydrogens (tertiary/aromatic N) is 3. The molecule has 1 aliphatic rings. The zero-order valence-corrected chi connectivity index (χ0v) is 9.26. The van der Waals surface area contributed by atoms with E-state index in [1.54, 1.807) is 0 Å². The first-order chi connectivity index (χ1) is 8.11. The fourth-order valence-corrected chi connectivity index (χ4v) is 1.71. The third kappa shape index (κ3) is 2.19. The summed E-state index contributed by atoms with van der Waals surface area (Å²) in [4.78, 5) is 20.0. The molecule has 0 spiro atoms. The van der Waals surface area contributed by atoms with Crippen molar-refractivity contribution >= 4 is 11.8 Å². The Hall–Kier alpha value is -1.76. The molecule has 0 radical (unpaired) electrons. The summed E-state index contributed by atoms with van der Waals surface area (Å²) in [6.45, 7) is 2.19. The molecule has 1 N–H and O–H groups in total. The number of aliphatic carboxylic acids is 1. The van der Waals surface area contributed by atoms with Crippen LogP contribution in [0.1, 0.15) is 5.69 Å². The number of carboxylic acids is 1. The molecular formula is C10H12FN3O3. The van der Waals surface area contributed by atoms with Crippen LogP contribution in [0.2, 0.25) is 0 Å². The Bertz CT molecular complexity index is 441. The van der Waals surface area contributed by atoms with Crippen LogP contribution in [-0.2, 0) is 9.53 Å². The van der Waals surface area contributed by atoms with Crippen molar-refractivity contribution in [3.8, 4) is 0 Å². The van der Waals surface area contributed by atoms with Crippen LogP contribution in [0, 0.1) is 12.7 Å². The molecule has 6 nitrogen and oxygen atoms in total. The Labute approximate surface area is 97.0 Å². The lowest BCUT2D eigenvalue weighted by Crippen LogP contribution is -2.50. The zero-order valence-electron chi connectivity index (χ0n) is 9.26. The zero-order chi connectivity index (χ0) is 12.4. The number of halogens is 1. The largest absolute Gasteiger partial charge is 0.480 e. The van der Waals surface area contributed by atoms with Gasteiger partial charge in [-0.2, -0.15) is 0 Å². The van der Waals surface area contributed by atoms with Crippen molar-refractivity contribution < 1.29 is 19.0 Å².